The summed E-state index contributed by atoms with van der Waals surface area (Å²) in [4.78, 5) is 23.9. The van der Waals surface area contributed by atoms with Crippen LogP contribution in [0.2, 0.25) is 0 Å². The molecule has 0 saturated carbocycles. The highest BCUT2D eigenvalue weighted by molar-refractivity contribution is 5.93. The molecule has 0 radical (unpaired) electrons. The van der Waals surface area contributed by atoms with Gasteiger partial charge in [0.2, 0.25) is 0 Å². The Morgan fingerprint density at radius 2 is 1.31 bits per heavy atom. The van der Waals surface area contributed by atoms with Crippen LogP contribution in [0.5, 0.6) is 0 Å². The van der Waals surface area contributed by atoms with Gasteiger partial charge >= 0.3 is 11.9 Å². The fraction of sp³-hybridized carbons (Fsp3) is 0.600. The molecule has 0 heterocycles. The van der Waals surface area contributed by atoms with Crippen LogP contribution in [-0.4, -0.2) is 44.4 Å². The molecule has 0 aliphatic heterocycles. The lowest BCUT2D eigenvalue weighted by molar-refractivity contribution is 0.0208. The van der Waals surface area contributed by atoms with Crippen LogP contribution in [-0.2, 0) is 14.2 Å². The molecule has 0 spiro atoms. The molecule has 26 heavy (non-hydrogen) atoms. The third-order valence-electron chi connectivity index (χ3n) is 4.19. The summed E-state index contributed by atoms with van der Waals surface area (Å²) in [6.07, 6.45) is 0. The molecule has 1 rings (SSSR count). The number of hydrogen-bond donors (Lipinski definition) is 1. The Hall–Kier alpha value is -1.92. The predicted octanol–water partition coefficient (Wildman–Crippen LogP) is 3.44. The molecule has 0 aliphatic rings. The lowest BCUT2D eigenvalue weighted by Crippen LogP contribution is -2.50. The van der Waals surface area contributed by atoms with Crippen molar-refractivity contribution in [3.63, 3.8) is 0 Å². The number of carbonyl (C=O) groups excluding carboxylic acids is 2. The first-order valence-corrected chi connectivity index (χ1v) is 8.80. The molecule has 0 bridgehead atoms. The Kier molecular flexibility index (Phi) is 10.1. The number of carbonyl (C=O) groups is 2. The predicted molar refractivity (Wildman–Crippen MR) is 102 cm³/mol. The second kappa shape index (κ2) is 10.9. The fourth-order valence-corrected chi connectivity index (χ4v) is 1.56. The SMILES string of the molecule is CC.COCCOC(=O)c1ccc(C(=O)OCC(C)(C)C(C)(C)N)cc1. The van der Waals surface area contributed by atoms with Crippen molar-refractivity contribution in [3.05, 3.63) is 35.4 Å². The maximum atomic E-state index is 12.1. The summed E-state index contributed by atoms with van der Waals surface area (Å²) in [5.74, 6) is -0.912. The largest absolute Gasteiger partial charge is 0.461 e. The van der Waals surface area contributed by atoms with Crippen LogP contribution >= 0.6 is 0 Å². The number of ether oxygens (including phenoxy) is 3. The average molecular weight is 367 g/mol. The summed E-state index contributed by atoms with van der Waals surface area (Å²) in [6.45, 7) is 12.4. The summed E-state index contributed by atoms with van der Waals surface area (Å²) >= 11 is 0. The molecule has 0 atom stereocenters. The number of hydrogen-bond acceptors (Lipinski definition) is 6. The van der Waals surface area contributed by atoms with Gasteiger partial charge in [-0.3, -0.25) is 0 Å². The van der Waals surface area contributed by atoms with Gasteiger partial charge < -0.3 is 19.9 Å². The zero-order valence-electron chi connectivity index (χ0n) is 17.0. The second-order valence-electron chi connectivity index (χ2n) is 6.89. The van der Waals surface area contributed by atoms with E-state index in [-0.39, 0.29) is 18.6 Å². The highest BCUT2D eigenvalue weighted by atomic mass is 16.6. The summed E-state index contributed by atoms with van der Waals surface area (Å²) in [5.41, 5.74) is 5.98. The van der Waals surface area contributed by atoms with E-state index in [1.807, 2.05) is 41.5 Å². The number of esters is 2. The van der Waals surface area contributed by atoms with Crippen LogP contribution in [0.4, 0.5) is 0 Å². The van der Waals surface area contributed by atoms with Crippen LogP contribution in [0.3, 0.4) is 0 Å². The van der Waals surface area contributed by atoms with E-state index >= 15 is 0 Å². The first-order chi connectivity index (χ1) is 12.1. The molecule has 148 valence electrons. The van der Waals surface area contributed by atoms with Crippen molar-refractivity contribution < 1.29 is 23.8 Å². The van der Waals surface area contributed by atoms with E-state index in [1.54, 1.807) is 0 Å². The summed E-state index contributed by atoms with van der Waals surface area (Å²) in [6, 6.07) is 6.14. The van der Waals surface area contributed by atoms with Crippen molar-refractivity contribution in [2.45, 2.75) is 47.1 Å². The highest BCUT2D eigenvalue weighted by Gasteiger charge is 2.34. The van der Waals surface area contributed by atoms with E-state index in [1.165, 1.54) is 31.4 Å². The van der Waals surface area contributed by atoms with Gasteiger partial charge in [-0.15, -0.1) is 0 Å². The minimum absolute atomic E-state index is 0.184. The van der Waals surface area contributed by atoms with Crippen LogP contribution in [0.15, 0.2) is 24.3 Å². The fourth-order valence-electron chi connectivity index (χ4n) is 1.56. The molecular formula is C20H33NO5. The number of methoxy groups -OCH3 is 1. The van der Waals surface area contributed by atoms with E-state index < -0.39 is 17.5 Å². The van der Waals surface area contributed by atoms with Crippen LogP contribution in [0, 0.1) is 5.41 Å². The number of benzene rings is 1. The van der Waals surface area contributed by atoms with Crippen molar-refractivity contribution in [3.8, 4) is 0 Å². The molecule has 0 amide bonds. The molecule has 0 aliphatic carbocycles. The van der Waals surface area contributed by atoms with E-state index in [2.05, 4.69) is 0 Å². The van der Waals surface area contributed by atoms with Gasteiger partial charge in [-0.05, 0) is 38.1 Å². The summed E-state index contributed by atoms with van der Waals surface area (Å²) in [5, 5.41) is 0. The topological polar surface area (TPSA) is 87.8 Å². The maximum absolute atomic E-state index is 12.1. The lowest BCUT2D eigenvalue weighted by Gasteiger charge is -2.37. The Balaban J connectivity index is 0.00000301. The van der Waals surface area contributed by atoms with Gasteiger partial charge in [0.05, 0.1) is 24.3 Å². The smallest absolute Gasteiger partial charge is 0.338 e. The van der Waals surface area contributed by atoms with Crippen molar-refractivity contribution >= 4 is 11.9 Å². The van der Waals surface area contributed by atoms with Crippen LogP contribution in [0.25, 0.3) is 0 Å². The van der Waals surface area contributed by atoms with Gasteiger partial charge in [-0.1, -0.05) is 27.7 Å². The van der Waals surface area contributed by atoms with Crippen molar-refractivity contribution in [1.29, 1.82) is 0 Å². The average Bonchev–Trinajstić information content (AvgIpc) is 2.60. The van der Waals surface area contributed by atoms with E-state index in [0.717, 1.165) is 0 Å². The zero-order chi connectivity index (χ0) is 20.4. The highest BCUT2D eigenvalue weighted by Crippen LogP contribution is 2.28. The molecule has 1 aromatic carbocycles. The minimum atomic E-state index is -0.483. The van der Waals surface area contributed by atoms with Crippen LogP contribution in [0.1, 0.15) is 62.3 Å². The Morgan fingerprint density at radius 3 is 1.69 bits per heavy atom. The van der Waals surface area contributed by atoms with Crippen molar-refractivity contribution in [2.24, 2.45) is 11.1 Å². The molecule has 0 saturated heterocycles. The lowest BCUT2D eigenvalue weighted by atomic mass is 9.76. The minimum Gasteiger partial charge on any atom is -0.461 e. The number of rotatable bonds is 8. The first-order valence-electron chi connectivity index (χ1n) is 8.80. The monoisotopic (exact) mass is 367 g/mol. The van der Waals surface area contributed by atoms with Gasteiger partial charge in [0, 0.05) is 18.1 Å². The van der Waals surface area contributed by atoms with Gasteiger partial charge in [-0.2, -0.15) is 0 Å². The van der Waals surface area contributed by atoms with Gasteiger partial charge in [0.25, 0.3) is 0 Å². The number of nitrogens with two attached hydrogens (primary N) is 1. The Bertz CT molecular complexity index is 559. The molecule has 1 aromatic rings. The summed E-state index contributed by atoms with van der Waals surface area (Å²) in [7, 11) is 1.53. The zero-order valence-corrected chi connectivity index (χ0v) is 17.0. The second-order valence-corrected chi connectivity index (χ2v) is 6.89. The third kappa shape index (κ3) is 7.54. The van der Waals surface area contributed by atoms with Crippen molar-refractivity contribution in [2.75, 3.05) is 26.9 Å². The molecular weight excluding hydrogens is 334 g/mol. The van der Waals surface area contributed by atoms with Crippen molar-refractivity contribution in [1.82, 2.24) is 0 Å². The Labute approximate surface area is 157 Å². The van der Waals surface area contributed by atoms with Gasteiger partial charge in [0.15, 0.2) is 0 Å². The van der Waals surface area contributed by atoms with E-state index in [9.17, 15) is 9.59 Å². The van der Waals surface area contributed by atoms with E-state index in [4.69, 9.17) is 19.9 Å². The molecule has 6 nitrogen and oxygen atoms in total. The maximum Gasteiger partial charge on any atom is 0.338 e. The summed E-state index contributed by atoms with van der Waals surface area (Å²) < 4.78 is 15.2. The van der Waals surface area contributed by atoms with Gasteiger partial charge in [0.1, 0.15) is 6.61 Å². The molecule has 6 heteroatoms. The molecule has 0 fully saturated rings. The Morgan fingerprint density at radius 1 is 0.885 bits per heavy atom. The molecule has 0 aromatic heterocycles. The third-order valence-corrected chi connectivity index (χ3v) is 4.19. The normalized spacial score (nSPS) is 11.2. The van der Waals surface area contributed by atoms with Crippen LogP contribution < -0.4 is 5.73 Å². The van der Waals surface area contributed by atoms with E-state index in [0.29, 0.717) is 17.7 Å². The molecule has 2 N–H and O–H groups in total. The van der Waals surface area contributed by atoms with Gasteiger partial charge in [-0.25, -0.2) is 9.59 Å². The first kappa shape index (κ1) is 24.1. The molecule has 0 unspecified atom stereocenters. The standard InChI is InChI=1S/C18H27NO5.C2H6/c1-17(2,18(3,4)19)12-24-16(21)14-8-6-13(7-9-14)15(20)23-11-10-22-5;1-2/h6-9H,10-12,19H2,1-5H3;1-2H3. The quantitative estimate of drug-likeness (QED) is 0.559.